The third-order valence-electron chi connectivity index (χ3n) is 4.54. The monoisotopic (exact) mass is 465 g/mol. The molecule has 0 saturated carbocycles. The predicted octanol–water partition coefficient (Wildman–Crippen LogP) is 5.42. The van der Waals surface area contributed by atoms with Gasteiger partial charge in [0, 0.05) is 14.9 Å². The summed E-state index contributed by atoms with van der Waals surface area (Å²) in [6.07, 6.45) is 0. The van der Waals surface area contributed by atoms with Crippen LogP contribution < -0.4 is 5.56 Å². The van der Waals surface area contributed by atoms with E-state index >= 15 is 0 Å². The number of aromatic nitrogens is 5. The first-order valence-electron chi connectivity index (χ1n) is 9.23. The molecule has 0 spiro atoms. The fourth-order valence-electron chi connectivity index (χ4n) is 3.11. The Morgan fingerprint density at radius 3 is 2.29 bits per heavy atom. The fraction of sp³-hybridized carbons (Fsp3) is 0. The van der Waals surface area contributed by atoms with Crippen molar-refractivity contribution in [2.75, 3.05) is 0 Å². The Bertz CT molecular complexity index is 1450. The standard InChI is InChI=1S/C22H13Cl2N5OS/c23-14-9-11-18(12-10-14)31-22-25-20-19(26-27-29(20)16-6-2-1-3-7-16)21(30)28(22)17-8-4-5-15(24)13-17/h1-13H. The highest BCUT2D eigenvalue weighted by atomic mass is 35.5. The zero-order valence-electron chi connectivity index (χ0n) is 15.8. The van der Waals surface area contributed by atoms with Crippen LogP contribution in [0.15, 0.2) is 93.7 Å². The van der Waals surface area contributed by atoms with Crippen LogP contribution in [-0.2, 0) is 0 Å². The number of fused-ring (bicyclic) bond motifs is 1. The molecule has 9 heteroatoms. The van der Waals surface area contributed by atoms with E-state index in [-0.39, 0.29) is 11.1 Å². The lowest BCUT2D eigenvalue weighted by Gasteiger charge is -2.12. The summed E-state index contributed by atoms with van der Waals surface area (Å²) in [6.45, 7) is 0. The Labute approximate surface area is 191 Å². The van der Waals surface area contributed by atoms with Crippen LogP contribution in [0.3, 0.4) is 0 Å². The molecule has 0 amide bonds. The van der Waals surface area contributed by atoms with E-state index in [0.29, 0.717) is 26.5 Å². The summed E-state index contributed by atoms with van der Waals surface area (Å²) in [6, 6.07) is 23.8. The van der Waals surface area contributed by atoms with E-state index in [9.17, 15) is 4.79 Å². The van der Waals surface area contributed by atoms with Gasteiger partial charge in [-0.25, -0.2) is 4.98 Å². The molecular formula is C22H13Cl2N5OS. The Hall–Kier alpha value is -3.13. The first-order valence-corrected chi connectivity index (χ1v) is 10.8. The molecule has 0 N–H and O–H groups in total. The summed E-state index contributed by atoms with van der Waals surface area (Å²) >= 11 is 13.6. The zero-order valence-corrected chi connectivity index (χ0v) is 18.1. The number of hydrogen-bond donors (Lipinski definition) is 0. The maximum absolute atomic E-state index is 13.5. The molecule has 0 aliphatic heterocycles. The third kappa shape index (κ3) is 3.83. The number of benzene rings is 3. The molecule has 3 aromatic carbocycles. The van der Waals surface area contributed by atoms with Gasteiger partial charge < -0.3 is 0 Å². The summed E-state index contributed by atoms with van der Waals surface area (Å²) < 4.78 is 3.06. The van der Waals surface area contributed by atoms with Gasteiger partial charge in [0.1, 0.15) is 0 Å². The van der Waals surface area contributed by atoms with Gasteiger partial charge in [-0.15, -0.1) is 5.10 Å². The lowest BCUT2D eigenvalue weighted by Crippen LogP contribution is -2.22. The van der Waals surface area contributed by atoms with Gasteiger partial charge in [-0.05, 0) is 54.6 Å². The average molecular weight is 466 g/mol. The lowest BCUT2D eigenvalue weighted by molar-refractivity contribution is 0.794. The van der Waals surface area contributed by atoms with E-state index in [1.165, 1.54) is 16.3 Å². The molecule has 2 aromatic heterocycles. The maximum Gasteiger partial charge on any atom is 0.288 e. The highest BCUT2D eigenvalue weighted by Gasteiger charge is 2.19. The van der Waals surface area contributed by atoms with Crippen LogP contribution in [0.1, 0.15) is 0 Å². The SMILES string of the molecule is O=c1c2nnn(-c3ccccc3)c2nc(Sc2ccc(Cl)cc2)n1-c1cccc(Cl)c1. The lowest BCUT2D eigenvalue weighted by atomic mass is 10.3. The molecule has 0 radical (unpaired) electrons. The van der Waals surface area contributed by atoms with Crippen molar-refractivity contribution in [2.45, 2.75) is 10.1 Å². The molecule has 0 fully saturated rings. The summed E-state index contributed by atoms with van der Waals surface area (Å²) in [4.78, 5) is 19.1. The van der Waals surface area contributed by atoms with E-state index < -0.39 is 0 Å². The molecule has 6 nitrogen and oxygen atoms in total. The molecule has 0 aliphatic carbocycles. The van der Waals surface area contributed by atoms with Crippen molar-refractivity contribution in [3.63, 3.8) is 0 Å². The van der Waals surface area contributed by atoms with Crippen molar-refractivity contribution in [1.82, 2.24) is 24.5 Å². The van der Waals surface area contributed by atoms with Crippen molar-refractivity contribution in [2.24, 2.45) is 0 Å². The van der Waals surface area contributed by atoms with Crippen LogP contribution in [0.2, 0.25) is 10.0 Å². The quantitative estimate of drug-likeness (QED) is 0.331. The minimum Gasteiger partial charge on any atom is -0.266 e. The van der Waals surface area contributed by atoms with Gasteiger partial charge >= 0.3 is 0 Å². The molecule has 31 heavy (non-hydrogen) atoms. The Morgan fingerprint density at radius 2 is 1.55 bits per heavy atom. The first-order chi connectivity index (χ1) is 15.1. The number of hydrogen-bond acceptors (Lipinski definition) is 5. The van der Waals surface area contributed by atoms with Gasteiger partial charge in [-0.1, -0.05) is 64.4 Å². The molecule has 0 atom stereocenters. The minimum atomic E-state index is -0.328. The van der Waals surface area contributed by atoms with Crippen molar-refractivity contribution < 1.29 is 0 Å². The summed E-state index contributed by atoms with van der Waals surface area (Å²) in [5.74, 6) is 0. The topological polar surface area (TPSA) is 65.6 Å². The van der Waals surface area contributed by atoms with Gasteiger partial charge in [0.2, 0.25) is 0 Å². The number of nitrogens with zero attached hydrogens (tertiary/aromatic N) is 5. The molecule has 152 valence electrons. The van der Waals surface area contributed by atoms with Crippen molar-refractivity contribution in [3.8, 4) is 11.4 Å². The fourth-order valence-corrected chi connectivity index (χ4v) is 4.32. The van der Waals surface area contributed by atoms with Gasteiger partial charge in [0.05, 0.1) is 11.4 Å². The average Bonchev–Trinajstić information content (AvgIpc) is 3.20. The van der Waals surface area contributed by atoms with Gasteiger partial charge in [0.15, 0.2) is 16.3 Å². The van der Waals surface area contributed by atoms with Crippen LogP contribution in [0.25, 0.3) is 22.5 Å². The summed E-state index contributed by atoms with van der Waals surface area (Å²) in [7, 11) is 0. The van der Waals surface area contributed by atoms with Crippen molar-refractivity contribution in [1.29, 1.82) is 0 Å². The van der Waals surface area contributed by atoms with E-state index in [2.05, 4.69) is 10.3 Å². The van der Waals surface area contributed by atoms with E-state index in [1.807, 2.05) is 42.5 Å². The summed E-state index contributed by atoms with van der Waals surface area (Å²) in [5, 5.41) is 9.90. The second-order valence-corrected chi connectivity index (χ2v) is 8.49. The smallest absolute Gasteiger partial charge is 0.266 e. The highest BCUT2D eigenvalue weighted by molar-refractivity contribution is 7.99. The van der Waals surface area contributed by atoms with Gasteiger partial charge in [0.25, 0.3) is 5.56 Å². The molecule has 5 rings (SSSR count). The van der Waals surface area contributed by atoms with Crippen molar-refractivity contribution >= 4 is 46.1 Å². The Kier molecular flexibility index (Phi) is 5.23. The van der Waals surface area contributed by atoms with E-state index in [0.717, 1.165) is 10.6 Å². The van der Waals surface area contributed by atoms with Crippen LogP contribution in [-0.4, -0.2) is 24.5 Å². The second-order valence-electron chi connectivity index (χ2n) is 6.58. The van der Waals surface area contributed by atoms with E-state index in [4.69, 9.17) is 28.2 Å². The number of para-hydroxylation sites is 1. The van der Waals surface area contributed by atoms with Crippen LogP contribution in [0.5, 0.6) is 0 Å². The van der Waals surface area contributed by atoms with Gasteiger partial charge in [-0.3, -0.25) is 9.36 Å². The van der Waals surface area contributed by atoms with Crippen LogP contribution in [0.4, 0.5) is 0 Å². The van der Waals surface area contributed by atoms with Crippen LogP contribution in [0, 0.1) is 0 Å². The number of halogens is 2. The molecule has 2 heterocycles. The molecular weight excluding hydrogens is 453 g/mol. The van der Waals surface area contributed by atoms with Gasteiger partial charge in [-0.2, -0.15) is 4.68 Å². The molecule has 5 aromatic rings. The molecule has 0 aliphatic rings. The van der Waals surface area contributed by atoms with Crippen molar-refractivity contribution in [3.05, 3.63) is 99.3 Å². The highest BCUT2D eigenvalue weighted by Crippen LogP contribution is 2.30. The largest absolute Gasteiger partial charge is 0.288 e. The maximum atomic E-state index is 13.5. The molecule has 0 unspecified atom stereocenters. The summed E-state index contributed by atoms with van der Waals surface area (Å²) in [5.41, 5.74) is 1.58. The second kappa shape index (κ2) is 8.19. The Balaban J connectivity index is 1.76. The minimum absolute atomic E-state index is 0.171. The molecule has 0 saturated heterocycles. The predicted molar refractivity (Wildman–Crippen MR) is 123 cm³/mol. The Morgan fingerprint density at radius 1 is 0.806 bits per heavy atom. The molecule has 0 bridgehead atoms. The first kappa shape index (κ1) is 19.8. The number of rotatable bonds is 4. The van der Waals surface area contributed by atoms with E-state index in [1.54, 1.807) is 41.1 Å². The zero-order chi connectivity index (χ0) is 21.4. The normalized spacial score (nSPS) is 11.2. The third-order valence-corrected chi connectivity index (χ3v) is 5.99. The van der Waals surface area contributed by atoms with Crippen LogP contribution >= 0.6 is 35.0 Å².